The van der Waals surface area contributed by atoms with E-state index in [9.17, 15) is 9.59 Å². The number of amides is 1. The van der Waals surface area contributed by atoms with E-state index in [0.29, 0.717) is 16.3 Å². The van der Waals surface area contributed by atoms with Gasteiger partial charge in [-0.25, -0.2) is 0 Å². The normalized spacial score (nSPS) is 23.5. The maximum absolute atomic E-state index is 12.5. The van der Waals surface area contributed by atoms with Gasteiger partial charge in [0.1, 0.15) is 5.56 Å². The topological polar surface area (TPSA) is 53.2 Å². The van der Waals surface area contributed by atoms with Crippen LogP contribution >= 0.6 is 27.7 Å². The lowest BCUT2D eigenvalue weighted by Gasteiger charge is -2.37. The van der Waals surface area contributed by atoms with Gasteiger partial charge in [-0.3, -0.25) is 9.59 Å². The second kappa shape index (κ2) is 5.71. The Balaban J connectivity index is 2.35. The van der Waals surface area contributed by atoms with Gasteiger partial charge in [0, 0.05) is 35.5 Å². The number of aromatic amines is 1. The lowest BCUT2D eigenvalue weighted by atomic mass is 10.1. The first-order valence-corrected chi connectivity index (χ1v) is 8.08. The van der Waals surface area contributed by atoms with Crippen LogP contribution in [0.4, 0.5) is 0 Å². The van der Waals surface area contributed by atoms with Gasteiger partial charge in [0.25, 0.3) is 5.91 Å². The molecule has 0 aromatic carbocycles. The summed E-state index contributed by atoms with van der Waals surface area (Å²) in [6.45, 7) is 6.64. The Morgan fingerprint density at radius 3 is 2.89 bits per heavy atom. The van der Waals surface area contributed by atoms with Crippen LogP contribution in [0.15, 0.2) is 15.5 Å². The minimum atomic E-state index is -0.237. The Morgan fingerprint density at radius 1 is 1.53 bits per heavy atom. The van der Waals surface area contributed by atoms with Crippen molar-refractivity contribution in [3.8, 4) is 0 Å². The van der Waals surface area contributed by atoms with Crippen molar-refractivity contribution in [3.63, 3.8) is 0 Å². The summed E-state index contributed by atoms with van der Waals surface area (Å²) in [6, 6.07) is 0.144. The second-order valence-corrected chi connectivity index (χ2v) is 7.06. The zero-order valence-corrected chi connectivity index (χ0v) is 13.6. The third-order valence-electron chi connectivity index (χ3n) is 3.58. The Hall–Kier alpha value is -0.750. The summed E-state index contributed by atoms with van der Waals surface area (Å²) >= 11 is 5.09. The van der Waals surface area contributed by atoms with Crippen molar-refractivity contribution in [3.05, 3.63) is 32.2 Å². The van der Waals surface area contributed by atoms with Gasteiger partial charge in [0.2, 0.25) is 5.43 Å². The number of hydrogen-bond acceptors (Lipinski definition) is 3. The fraction of sp³-hybridized carbons (Fsp3) is 0.538. The van der Waals surface area contributed by atoms with Crippen LogP contribution in [0.1, 0.15) is 29.9 Å². The monoisotopic (exact) mass is 344 g/mol. The third kappa shape index (κ3) is 2.74. The number of hydrogen-bond donors (Lipinski definition) is 1. The van der Waals surface area contributed by atoms with E-state index < -0.39 is 0 Å². The van der Waals surface area contributed by atoms with Gasteiger partial charge in [0.05, 0.1) is 4.47 Å². The summed E-state index contributed by atoms with van der Waals surface area (Å²) in [5, 5.41) is 0.394. The van der Waals surface area contributed by atoms with Crippen LogP contribution < -0.4 is 5.43 Å². The summed E-state index contributed by atoms with van der Waals surface area (Å²) in [5.41, 5.74) is 0.708. The molecule has 104 valence electrons. The molecule has 4 nitrogen and oxygen atoms in total. The molecule has 1 aliphatic heterocycles. The van der Waals surface area contributed by atoms with E-state index in [4.69, 9.17) is 0 Å². The molecule has 1 fully saturated rings. The molecule has 2 heterocycles. The molecule has 2 rings (SSSR count). The molecule has 0 saturated carbocycles. The number of nitrogens with one attached hydrogen (secondary N) is 1. The summed E-state index contributed by atoms with van der Waals surface area (Å²) in [4.78, 5) is 29.4. The van der Waals surface area contributed by atoms with Crippen LogP contribution in [-0.4, -0.2) is 39.4 Å². The zero-order chi connectivity index (χ0) is 14.2. The van der Waals surface area contributed by atoms with Gasteiger partial charge in [-0.2, -0.15) is 11.8 Å². The summed E-state index contributed by atoms with van der Waals surface area (Å²) in [5.74, 6) is 0.740. The maximum Gasteiger partial charge on any atom is 0.259 e. The predicted octanol–water partition coefficient (Wildman–Crippen LogP) is 2.41. The highest BCUT2D eigenvalue weighted by Gasteiger charge is 2.30. The number of aromatic nitrogens is 1. The molecule has 2 unspecified atom stereocenters. The van der Waals surface area contributed by atoms with Gasteiger partial charge >= 0.3 is 0 Å². The van der Waals surface area contributed by atoms with Crippen molar-refractivity contribution in [2.24, 2.45) is 0 Å². The summed E-state index contributed by atoms with van der Waals surface area (Å²) in [7, 11) is 0. The third-order valence-corrected chi connectivity index (χ3v) is 5.87. The minimum absolute atomic E-state index is 0.144. The number of aryl methyl sites for hydroxylation is 1. The van der Waals surface area contributed by atoms with Crippen LogP contribution in [0, 0.1) is 6.92 Å². The molecule has 1 aliphatic rings. The highest BCUT2D eigenvalue weighted by atomic mass is 79.9. The Kier molecular flexibility index (Phi) is 4.40. The molecule has 1 amide bonds. The quantitative estimate of drug-likeness (QED) is 0.851. The Labute approximate surface area is 125 Å². The van der Waals surface area contributed by atoms with Crippen LogP contribution in [0.25, 0.3) is 0 Å². The number of halogens is 1. The van der Waals surface area contributed by atoms with Crippen LogP contribution in [0.3, 0.4) is 0 Å². The SMILES string of the molecule is Cc1[nH]cc(C(=O)N2CCSC(C)C2C)c(=O)c1Br. The van der Waals surface area contributed by atoms with E-state index in [0.717, 1.165) is 11.4 Å². The van der Waals surface area contributed by atoms with E-state index in [1.54, 1.807) is 11.8 Å². The number of H-pyrrole nitrogens is 1. The average molecular weight is 345 g/mol. The zero-order valence-electron chi connectivity index (χ0n) is 11.2. The first-order valence-electron chi connectivity index (χ1n) is 6.24. The number of thioether (sulfide) groups is 1. The average Bonchev–Trinajstić information content (AvgIpc) is 2.39. The molecule has 19 heavy (non-hydrogen) atoms. The fourth-order valence-corrected chi connectivity index (χ4v) is 3.56. The van der Waals surface area contributed by atoms with Crippen molar-refractivity contribution in [1.29, 1.82) is 0 Å². The number of nitrogens with zero attached hydrogens (tertiary/aromatic N) is 1. The van der Waals surface area contributed by atoms with Crippen molar-refractivity contribution >= 4 is 33.6 Å². The van der Waals surface area contributed by atoms with Gasteiger partial charge < -0.3 is 9.88 Å². The maximum atomic E-state index is 12.5. The molecular weight excluding hydrogens is 328 g/mol. The van der Waals surface area contributed by atoms with Gasteiger partial charge in [-0.15, -0.1) is 0 Å². The van der Waals surface area contributed by atoms with Crippen LogP contribution in [-0.2, 0) is 0 Å². The van der Waals surface area contributed by atoms with Gasteiger partial charge in [-0.05, 0) is 29.8 Å². The van der Waals surface area contributed by atoms with E-state index in [2.05, 4.69) is 27.8 Å². The molecule has 1 N–H and O–H groups in total. The van der Waals surface area contributed by atoms with Gasteiger partial charge in [-0.1, -0.05) is 6.92 Å². The molecule has 1 saturated heterocycles. The molecule has 1 aromatic heterocycles. The second-order valence-electron chi connectivity index (χ2n) is 4.79. The minimum Gasteiger partial charge on any atom is -0.363 e. The Morgan fingerprint density at radius 2 is 2.21 bits per heavy atom. The first-order chi connectivity index (χ1) is 8.93. The molecule has 1 aromatic rings. The van der Waals surface area contributed by atoms with Crippen LogP contribution in [0.2, 0.25) is 0 Å². The highest BCUT2D eigenvalue weighted by Crippen LogP contribution is 2.25. The Bertz CT molecular complexity index is 558. The van der Waals surface area contributed by atoms with E-state index in [1.807, 2.05) is 18.7 Å². The van der Waals surface area contributed by atoms with Crippen LogP contribution in [0.5, 0.6) is 0 Å². The molecular formula is C13H17BrN2O2S. The number of carbonyl (C=O) groups excluding carboxylic acids is 1. The molecule has 0 radical (unpaired) electrons. The smallest absolute Gasteiger partial charge is 0.259 e. The number of rotatable bonds is 1. The summed E-state index contributed by atoms with van der Waals surface area (Å²) < 4.78 is 0.436. The van der Waals surface area contributed by atoms with Crippen molar-refractivity contribution in [1.82, 2.24) is 9.88 Å². The van der Waals surface area contributed by atoms with E-state index in [1.165, 1.54) is 6.20 Å². The van der Waals surface area contributed by atoms with E-state index >= 15 is 0 Å². The fourth-order valence-electron chi connectivity index (χ4n) is 2.13. The highest BCUT2D eigenvalue weighted by molar-refractivity contribution is 9.10. The lowest BCUT2D eigenvalue weighted by molar-refractivity contribution is 0.0696. The van der Waals surface area contributed by atoms with Gasteiger partial charge in [0.15, 0.2) is 0 Å². The molecule has 2 atom stereocenters. The van der Waals surface area contributed by atoms with Crippen molar-refractivity contribution in [2.75, 3.05) is 12.3 Å². The molecule has 0 bridgehead atoms. The predicted molar refractivity (Wildman–Crippen MR) is 81.9 cm³/mol. The molecule has 0 spiro atoms. The largest absolute Gasteiger partial charge is 0.363 e. The molecule has 0 aliphatic carbocycles. The van der Waals surface area contributed by atoms with E-state index in [-0.39, 0.29) is 22.9 Å². The first kappa shape index (κ1) is 14.7. The van der Waals surface area contributed by atoms with Crippen molar-refractivity contribution < 1.29 is 4.79 Å². The standard InChI is InChI=1S/C13H17BrN2O2S/c1-7-11(14)12(17)10(6-15-7)13(18)16-4-5-19-9(3)8(16)2/h6,8-9H,4-5H2,1-3H3,(H,15,17). The molecule has 6 heteroatoms. The number of pyridine rings is 1. The summed E-state index contributed by atoms with van der Waals surface area (Å²) in [6.07, 6.45) is 1.52. The van der Waals surface area contributed by atoms with Crippen molar-refractivity contribution in [2.45, 2.75) is 32.1 Å². The number of carbonyl (C=O) groups is 1. The lowest BCUT2D eigenvalue weighted by Crippen LogP contribution is -2.49.